The summed E-state index contributed by atoms with van der Waals surface area (Å²) in [5.41, 5.74) is 24.3. The number of halogens is 2. The highest BCUT2D eigenvalue weighted by atomic mass is 79.9. The van der Waals surface area contributed by atoms with E-state index >= 15 is 0 Å². The zero-order chi connectivity index (χ0) is 71.4. The fourth-order valence-corrected chi connectivity index (χ4v) is 9.86. The predicted molar refractivity (Wildman–Crippen MR) is 379 cm³/mol. The lowest BCUT2D eigenvalue weighted by Gasteiger charge is -2.03. The Morgan fingerprint density at radius 2 is 0.838 bits per heavy atom. The molecule has 25 nitrogen and oxygen atoms in total. The topological polar surface area (TPSA) is 396 Å². The fourth-order valence-electron chi connectivity index (χ4n) is 9.32. The Morgan fingerprint density at radius 1 is 0.485 bits per heavy atom. The number of carbonyl (C=O) groups excluding carboxylic acids is 7. The van der Waals surface area contributed by atoms with Crippen molar-refractivity contribution in [2.75, 3.05) is 0 Å². The smallest absolute Gasteiger partial charge is 0.350 e. The molecule has 5 heterocycles. The van der Waals surface area contributed by atoms with Gasteiger partial charge < -0.3 is 46.9 Å². The summed E-state index contributed by atoms with van der Waals surface area (Å²) < 4.78 is 35.6. The molecule has 10 N–H and O–H groups in total. The van der Waals surface area contributed by atoms with Gasteiger partial charge in [-0.3, -0.25) is 23.5 Å². The van der Waals surface area contributed by atoms with Gasteiger partial charge >= 0.3 is 51.2 Å². The predicted octanol–water partition coefficient (Wildman–Crippen LogP) is 13.4. The van der Waals surface area contributed by atoms with Crippen LogP contribution in [-0.4, -0.2) is 103 Å². The maximum atomic E-state index is 12.3. The van der Waals surface area contributed by atoms with Crippen molar-refractivity contribution in [3.05, 3.63) is 282 Å². The number of isocyanates is 1. The normalized spacial score (nSPS) is 10.4. The number of H-pyrrole nitrogens is 2. The second-order valence-corrected chi connectivity index (χ2v) is 22.9. The van der Waals surface area contributed by atoms with E-state index in [1.165, 1.54) is 39.5 Å². The fraction of sp³-hybridized carbons (Fsp3) is 0.0423. The van der Waals surface area contributed by atoms with Crippen LogP contribution in [0.2, 0.25) is 0 Å². The Hall–Kier alpha value is -12.8. The van der Waals surface area contributed by atoms with Gasteiger partial charge in [-0.2, -0.15) is 8.42 Å². The Morgan fingerprint density at radius 3 is 1.24 bits per heavy atom. The van der Waals surface area contributed by atoms with Crippen molar-refractivity contribution in [2.45, 2.75) is 18.5 Å². The van der Waals surface area contributed by atoms with E-state index in [1.54, 1.807) is 72.9 Å². The van der Waals surface area contributed by atoms with Crippen LogP contribution in [0.3, 0.4) is 0 Å². The highest BCUT2D eigenvalue weighted by molar-refractivity contribution is 9.08. The number of ether oxygens (including phenoxy) is 2. The van der Waals surface area contributed by atoms with Crippen LogP contribution in [0.4, 0.5) is 20.1 Å². The lowest BCUT2D eigenvalue weighted by atomic mass is 10.2. The van der Waals surface area contributed by atoms with Crippen LogP contribution in [0.15, 0.2) is 253 Å². The third-order valence-corrected chi connectivity index (χ3v) is 14.9. The molecule has 0 saturated carbocycles. The van der Waals surface area contributed by atoms with Gasteiger partial charge in [0.1, 0.15) is 13.2 Å². The van der Waals surface area contributed by atoms with E-state index in [1.807, 2.05) is 133 Å². The van der Waals surface area contributed by atoms with E-state index < -0.39 is 45.2 Å². The summed E-state index contributed by atoms with van der Waals surface area (Å²) in [5.74, 6) is -2.76. The second-order valence-electron chi connectivity index (χ2n) is 20.1. The maximum Gasteiger partial charge on any atom is 0.350 e. The summed E-state index contributed by atoms with van der Waals surface area (Å²) in [4.78, 5) is 109. The maximum absolute atomic E-state index is 12.3. The number of benzene rings is 8. The average molecular weight is 1440 g/mol. The molecule has 0 fully saturated rings. The molecule has 502 valence electrons. The number of aliphatic imine (C=N–C) groups is 1. The molecule has 3 amide bonds. The molecule has 99 heavy (non-hydrogen) atoms. The third-order valence-electron chi connectivity index (χ3n) is 13.7. The number of para-hydroxylation sites is 5. The molecule has 13 rings (SSSR count). The molecular formula is C71H58BrClN10O15S. The number of hydrogen-bond acceptors (Lipinski definition) is 14. The number of nitrogens with zero attached hydrogens (tertiary/aromatic N) is 5. The molecule has 0 aliphatic heterocycles. The first kappa shape index (κ1) is 73.6. The van der Waals surface area contributed by atoms with Crippen molar-refractivity contribution in [3.8, 4) is 0 Å². The van der Waals surface area contributed by atoms with Gasteiger partial charge in [0.2, 0.25) is 0 Å². The zero-order valence-corrected chi connectivity index (χ0v) is 54.9. The number of hydrogen-bond donors (Lipinski definition) is 7. The minimum Gasteiger partial charge on any atom is -0.478 e. The van der Waals surface area contributed by atoms with Gasteiger partial charge in [0.15, 0.2) is 6.29 Å². The van der Waals surface area contributed by atoms with Crippen molar-refractivity contribution in [2.24, 2.45) is 26.6 Å². The number of fused-ring (bicyclic) bond motifs is 5. The van der Waals surface area contributed by atoms with Crippen LogP contribution in [0, 0.1) is 0 Å². The Bertz CT molecular complexity index is 5150. The van der Waals surface area contributed by atoms with Gasteiger partial charge in [-0.1, -0.05) is 202 Å². The number of nitrogens with one attached hydrogen (secondary N) is 2. The highest BCUT2D eigenvalue weighted by Gasteiger charge is 2.20. The van der Waals surface area contributed by atoms with Crippen molar-refractivity contribution < 1.29 is 71.3 Å². The van der Waals surface area contributed by atoms with Crippen molar-refractivity contribution in [3.63, 3.8) is 0 Å². The Kier molecular flexibility index (Phi) is 26.9. The van der Waals surface area contributed by atoms with Crippen LogP contribution in [-0.2, 0) is 46.8 Å². The average Bonchev–Trinajstić information content (AvgIpc) is 1.62. The van der Waals surface area contributed by atoms with E-state index in [4.69, 9.17) is 41.7 Å². The number of primary amides is 3. The minimum absolute atomic E-state index is 0.0735. The zero-order valence-electron chi connectivity index (χ0n) is 51.7. The number of aromatic carboxylic acids is 2. The van der Waals surface area contributed by atoms with Crippen molar-refractivity contribution >= 4 is 157 Å². The van der Waals surface area contributed by atoms with Crippen molar-refractivity contribution in [1.82, 2.24) is 23.7 Å². The summed E-state index contributed by atoms with van der Waals surface area (Å²) in [6.07, 6.45) is 9.83. The van der Waals surface area contributed by atoms with Crippen LogP contribution in [0.5, 0.6) is 0 Å². The number of carbonyl (C=O) groups is 8. The summed E-state index contributed by atoms with van der Waals surface area (Å²) in [7, 11) is 0.376. The van der Waals surface area contributed by atoms with E-state index in [0.29, 0.717) is 62.6 Å². The molecule has 0 aliphatic rings. The molecule has 13 aromatic rings. The van der Waals surface area contributed by atoms with Crippen LogP contribution in [0.25, 0.3) is 54.5 Å². The first-order chi connectivity index (χ1) is 47.6. The summed E-state index contributed by atoms with van der Waals surface area (Å²) >= 11 is 3.36. The number of aldehydes is 1. The molecule has 0 aliphatic carbocycles. The Labute approximate surface area is 575 Å². The highest BCUT2D eigenvalue weighted by Crippen LogP contribution is 2.28. The van der Waals surface area contributed by atoms with Crippen LogP contribution in [0.1, 0.15) is 58.1 Å². The lowest BCUT2D eigenvalue weighted by Crippen LogP contribution is -2.18. The summed E-state index contributed by atoms with van der Waals surface area (Å²) in [6, 6.07) is 63.4. The van der Waals surface area contributed by atoms with Gasteiger partial charge in [0, 0.05) is 85.0 Å². The van der Waals surface area contributed by atoms with Gasteiger partial charge in [-0.15, -0.1) is 0 Å². The van der Waals surface area contributed by atoms with E-state index in [0.717, 1.165) is 60.5 Å². The number of esters is 2. The standard InChI is InChI=1S/C17H14N2O3.C16H13NO2.C11H9N3O2.C10H8N2O3.C9H7NO2.C7H7Br.CClNO3S/c18-17(21)19-10-14(13-8-4-5-9-15(13)19)16(20)22-11-12-6-2-1-3-7-12;18-16(19-11-12-6-2-1-3-7-12)14-10-17-15-9-5-4-8-13(14)15;12-11(16)14-7-9(13-5-6-15)8-3-1-2-4-10(8)14;11-10(15)12-5-7(9(13)14)6-3-1-2-4-8(6)12;11-9(12)7-5-10-8-4-2-1-3-6(7)8;8-6-7-4-2-1-3-5-7;2-7(5,6)3-1-4/h1-10H,11H2,(H2,18,21);1-10,17H,11H2;1-7H,(H2,12,16);1-5H,(H2,11,15)(H,13,14);1-5,10H,(H,11,12);1-5H,6H2;. The van der Waals surface area contributed by atoms with Gasteiger partial charge in [-0.05, 0) is 47.0 Å². The number of amides is 3. The monoisotopic (exact) mass is 1440 g/mol. The third kappa shape index (κ3) is 20.8. The lowest BCUT2D eigenvalue weighted by molar-refractivity contribution is -0.102. The van der Waals surface area contributed by atoms with Gasteiger partial charge in [0.25, 0.3) is 6.08 Å². The number of alkyl halides is 1. The number of nitrogens with two attached hydrogens (primary N) is 3. The first-order valence-electron chi connectivity index (χ1n) is 29.0. The van der Waals surface area contributed by atoms with Crippen LogP contribution < -0.4 is 17.2 Å². The van der Waals surface area contributed by atoms with E-state index in [-0.39, 0.29) is 18.1 Å². The largest absolute Gasteiger partial charge is 0.478 e. The van der Waals surface area contributed by atoms with E-state index in [9.17, 15) is 46.8 Å². The molecule has 0 radical (unpaired) electrons. The molecule has 0 saturated heterocycles. The first-order valence-corrected chi connectivity index (χ1v) is 32.3. The molecule has 28 heteroatoms. The molecule has 0 bridgehead atoms. The van der Waals surface area contributed by atoms with Crippen molar-refractivity contribution in [1.29, 1.82) is 0 Å². The molecule has 8 aromatic carbocycles. The minimum atomic E-state index is -4.00. The van der Waals surface area contributed by atoms with Crippen LogP contribution >= 0.6 is 26.6 Å². The van der Waals surface area contributed by atoms with Gasteiger partial charge in [0.05, 0.1) is 50.7 Å². The number of aromatic amines is 2. The summed E-state index contributed by atoms with van der Waals surface area (Å²) in [6.45, 7) is 0.467. The number of carboxylic acids is 2. The number of rotatable bonds is 12. The molecular weight excluding hydrogens is 1380 g/mol. The Balaban J connectivity index is 0.000000167. The molecule has 0 spiro atoms. The molecule has 0 atom stereocenters. The van der Waals surface area contributed by atoms with E-state index in [2.05, 4.69) is 58.1 Å². The molecule has 0 unspecified atom stereocenters. The molecule has 5 aromatic heterocycles. The van der Waals surface area contributed by atoms with Gasteiger partial charge in [-0.25, -0.2) is 38.4 Å². The SMILES string of the molecule is BrCc1ccccc1.NC(=O)n1cc(C(=O)O)c2ccccc21.NC(=O)n1cc(C(=O)OCc2ccccc2)c2ccccc21.NC(=O)n1cc(N=CC=O)c2ccccc21.O=C(O)c1c[nH]c2ccccc12.O=C(OCc1ccccc1)c1c[nH]c2ccccc12.O=C=NS(=O)(=O)Cl. The number of aromatic nitrogens is 5. The second kappa shape index (κ2) is 36.2. The number of carboxylic acid groups (broad SMARTS) is 2. The summed E-state index contributed by atoms with van der Waals surface area (Å²) in [5, 5.41) is 22.2. The quantitative estimate of drug-likeness (QED) is 0.0149.